The van der Waals surface area contributed by atoms with Crippen LogP contribution in [-0.2, 0) is 11.8 Å². The van der Waals surface area contributed by atoms with Crippen LogP contribution in [0.25, 0.3) is 151 Å². The summed E-state index contributed by atoms with van der Waals surface area (Å²) < 4.78 is 20.5. The number of nitrogens with zero attached hydrogens (tertiary/aromatic N) is 8. The van der Waals surface area contributed by atoms with Crippen molar-refractivity contribution < 1.29 is 18.3 Å². The third-order valence-corrected chi connectivity index (χ3v) is 31.3. The maximum Gasteiger partial charge on any atom is 0.553 e. The van der Waals surface area contributed by atoms with E-state index in [9.17, 15) is 0 Å². The van der Waals surface area contributed by atoms with Crippen LogP contribution in [0.15, 0.2) is 108 Å². The highest BCUT2D eigenvalue weighted by Crippen LogP contribution is 2.59. The Bertz CT molecular complexity index is 8290. The number of allylic oxidation sites excluding steroid dienone is 7. The zero-order chi connectivity index (χ0) is 78.7. The Labute approximate surface area is 663 Å². The van der Waals surface area contributed by atoms with Gasteiger partial charge in [-0.1, -0.05) is 32.1 Å². The Kier molecular flexibility index (Phi) is 12.2. The van der Waals surface area contributed by atoms with Gasteiger partial charge in [0.2, 0.25) is 45.6 Å². The molecule has 4 aromatic heterocycles. The first-order valence-corrected chi connectivity index (χ1v) is 41.6. The lowest BCUT2D eigenvalue weighted by molar-refractivity contribution is -0.836. The molecule has 2 atom stereocenters. The van der Waals surface area contributed by atoms with E-state index in [-0.39, 0.29) is 0 Å². The molecule has 2 unspecified atom stereocenters. The Balaban J connectivity index is 0.000000107. The summed E-state index contributed by atoms with van der Waals surface area (Å²) in [6.07, 6.45) is 32.5. The summed E-state index contributed by atoms with van der Waals surface area (Å²) in [7, 11) is 0. The van der Waals surface area contributed by atoms with E-state index < -0.39 is 11.8 Å². The molecule has 8 heteroatoms. The summed E-state index contributed by atoms with van der Waals surface area (Å²) in [5.41, 5.74) is 48.2. The third-order valence-electron chi connectivity index (χ3n) is 31.3. The molecule has 27 rings (SSSR count). The van der Waals surface area contributed by atoms with Gasteiger partial charge < -0.3 is 0 Å². The van der Waals surface area contributed by atoms with E-state index in [2.05, 4.69) is 322 Å². The molecule has 2 spiro atoms. The average molecular weight is 1480 g/mol. The fourth-order valence-electron chi connectivity index (χ4n) is 25.3. The minimum absolute atomic E-state index is 0.433. The van der Waals surface area contributed by atoms with Crippen LogP contribution in [0.4, 0.5) is 5.69 Å². The zero-order valence-electron chi connectivity index (χ0n) is 70.3. The number of hydrogen-bond donors (Lipinski definition) is 0. The van der Waals surface area contributed by atoms with Crippen molar-refractivity contribution in [3.05, 3.63) is 274 Å². The molecule has 15 aromatic rings. The molecule has 0 N–H and O–H groups in total. The number of aromatic nitrogens is 4. The molecule has 11 aromatic carbocycles. The van der Waals surface area contributed by atoms with Crippen LogP contribution < -0.4 is 26.6 Å². The molecule has 8 nitrogen and oxygen atoms in total. The average Bonchev–Trinajstić information content (AvgIpc) is 1.43. The van der Waals surface area contributed by atoms with Crippen LogP contribution in [0.5, 0.6) is 0 Å². The van der Waals surface area contributed by atoms with Gasteiger partial charge in [-0.25, -0.2) is 0 Å². The lowest BCUT2D eigenvalue weighted by Crippen LogP contribution is -2.69. The number of hydrogen-bond acceptors (Lipinski definition) is 0. The Hall–Kier alpha value is -12.0. The zero-order valence-corrected chi connectivity index (χ0v) is 70.3. The second-order valence-corrected chi connectivity index (χ2v) is 35.3. The van der Waals surface area contributed by atoms with E-state index in [1.165, 1.54) is 320 Å². The molecule has 0 amide bonds. The van der Waals surface area contributed by atoms with Crippen LogP contribution in [0.1, 0.15) is 153 Å². The van der Waals surface area contributed by atoms with Crippen molar-refractivity contribution in [3.8, 4) is 11.3 Å². The molecular formula is C106H94N8+4. The summed E-state index contributed by atoms with van der Waals surface area (Å²) in [5, 5.41) is 32.8. The smallest absolute Gasteiger partial charge is 0.199 e. The standard InChI is InChI=1S/C51H40N4.C32H36.C21H12N4.C2H6/c1-21-22(2)24(4)43-40(23(21)3)29(9)41-30(10)42-37-20-36-19-34-14-13-32-17-31-11-12-33-18-35-15-16-38-46(50(37)55(36)51(52(31)33,53(32)34)54(35)38)45-28(8)26(6)39-25(5)27(7)44(43)47(41)48(39)49(42)45;1-13-14(2)19(7)29-27(16(13)4)24(12)28-21(9)20(8)25-17(5)15(3)18(6)26-22(10)23(11)30(29)32(28)31(25)26;1-2-14-10-16-5-6-18-12-20-8-7-19-11-17-4-3-15-9-13(1)22(14)21(23(15)17,24(16)18)25(19)20;1-2/h11-20H,1-10H3;1-12H3;1-12H;1-2H3/q+2;;+2;. The first-order valence-electron chi connectivity index (χ1n) is 41.6. The highest BCUT2D eigenvalue weighted by atomic mass is 15.6. The van der Waals surface area contributed by atoms with E-state index in [4.69, 9.17) is 0 Å². The summed E-state index contributed by atoms with van der Waals surface area (Å²) in [6, 6.07) is 18.4. The predicted octanol–water partition coefficient (Wildman–Crippen LogP) is 20.0. The highest BCUT2D eigenvalue weighted by molar-refractivity contribution is 6.42. The molecule has 114 heavy (non-hydrogen) atoms. The SMILES string of the molecule is C1=CC2=[N+]3C1=Cc1ccc4n1C31n3c(ccc3=C4)=CC3=[N+]1C(=C2)C=C3.CC.Cc1c(C)c(C)c2c(c1C)c(C)c1c(C)c(C)c3c(C)c(C)c(C)c4c(C)c(C)c2c1c34.Cc1c(C)c(C)c2c(c1C)c(C)c1c(C)c3c4c5c(c6c(C)c(C)c7c(C)c(C)c2c1c7c63)-c1ccc2n1C13n6c(ccc6=CC(=[N+]51)C=4)=CC1=[N+]3C(=C2)C=C1. The van der Waals surface area contributed by atoms with Gasteiger partial charge in [0.05, 0.1) is 61.0 Å². The summed E-state index contributed by atoms with van der Waals surface area (Å²) >= 11 is 0. The van der Waals surface area contributed by atoms with Crippen LogP contribution >= 0.6 is 0 Å². The van der Waals surface area contributed by atoms with Crippen LogP contribution in [0, 0.1) is 152 Å². The molecule has 16 heterocycles. The van der Waals surface area contributed by atoms with Gasteiger partial charge in [0, 0.05) is 83.7 Å². The largest absolute Gasteiger partial charge is 0.553 e. The van der Waals surface area contributed by atoms with Crippen molar-refractivity contribution in [2.24, 2.45) is 0 Å². The fraction of sp³-hybridized carbons (Fsp3) is 0.245. The minimum atomic E-state index is -0.628. The summed E-state index contributed by atoms with van der Waals surface area (Å²) in [5.74, 6) is -1.06. The predicted molar refractivity (Wildman–Crippen MR) is 479 cm³/mol. The molecule has 0 fully saturated rings. The maximum absolute atomic E-state index is 2.72. The number of benzene rings is 11. The summed E-state index contributed by atoms with van der Waals surface area (Å²) in [6.45, 7) is 55.9. The molecule has 0 saturated carbocycles. The first-order chi connectivity index (χ1) is 54.8. The lowest BCUT2D eigenvalue weighted by Gasteiger charge is -2.39. The Morgan fingerprint density at radius 3 is 0.974 bits per heavy atom. The van der Waals surface area contributed by atoms with Crippen LogP contribution in [-0.4, -0.2) is 59.4 Å². The second-order valence-electron chi connectivity index (χ2n) is 35.3. The van der Waals surface area contributed by atoms with E-state index in [1.54, 1.807) is 0 Å². The van der Waals surface area contributed by atoms with Gasteiger partial charge in [-0.3, -0.25) is 0 Å². The molecule has 12 aliphatic rings. The monoisotopic (exact) mass is 1480 g/mol. The van der Waals surface area contributed by atoms with Crippen LogP contribution in [0.2, 0.25) is 0 Å². The quantitative estimate of drug-likeness (QED) is 0.0823. The highest BCUT2D eigenvalue weighted by Gasteiger charge is 2.72. The van der Waals surface area contributed by atoms with E-state index in [0.29, 0.717) is 0 Å². The molecule has 12 aliphatic heterocycles. The lowest BCUT2D eigenvalue weighted by atomic mass is 9.74. The fourth-order valence-corrected chi connectivity index (χ4v) is 25.3. The van der Waals surface area contributed by atoms with Crippen molar-refractivity contribution in [2.75, 3.05) is 0 Å². The van der Waals surface area contributed by atoms with Gasteiger partial charge in [0.15, 0.2) is 0 Å². The van der Waals surface area contributed by atoms with Gasteiger partial charge in [0.25, 0.3) is 0 Å². The first kappa shape index (κ1) is 66.6. The van der Waals surface area contributed by atoms with Gasteiger partial charge in [-0.2, -0.15) is 18.3 Å². The van der Waals surface area contributed by atoms with Crippen LogP contribution in [0.3, 0.4) is 0 Å². The van der Waals surface area contributed by atoms with E-state index in [0.717, 1.165) is 0 Å². The molecule has 0 bridgehead atoms. The van der Waals surface area contributed by atoms with Gasteiger partial charge in [-0.15, -0.1) is 0 Å². The Morgan fingerprint density at radius 1 is 0.211 bits per heavy atom. The molecule has 554 valence electrons. The van der Waals surface area contributed by atoms with Gasteiger partial charge in [-0.05, 0) is 416 Å². The van der Waals surface area contributed by atoms with Crippen molar-refractivity contribution in [3.63, 3.8) is 0 Å². The van der Waals surface area contributed by atoms with E-state index in [1.807, 2.05) is 13.8 Å². The summed E-state index contributed by atoms with van der Waals surface area (Å²) in [4.78, 5) is 0. The Morgan fingerprint density at radius 2 is 0.500 bits per heavy atom. The number of fused-ring (bicyclic) bond motifs is 7. The third kappa shape index (κ3) is 6.82. The van der Waals surface area contributed by atoms with Gasteiger partial charge >= 0.3 is 11.8 Å². The maximum atomic E-state index is 2.72. The topological polar surface area (TPSA) is 31.8 Å². The molecule has 0 aliphatic carbocycles. The minimum Gasteiger partial charge on any atom is -0.199 e. The molecule has 0 radical (unpaired) electrons. The van der Waals surface area contributed by atoms with Gasteiger partial charge in [0.1, 0.15) is 0 Å². The van der Waals surface area contributed by atoms with Crippen molar-refractivity contribution in [1.29, 1.82) is 0 Å². The van der Waals surface area contributed by atoms with Crippen molar-refractivity contribution >= 4 is 168 Å². The number of rotatable bonds is 0. The van der Waals surface area contributed by atoms with Crippen molar-refractivity contribution in [1.82, 2.24) is 18.3 Å². The molecular weight excluding hydrogens is 1390 g/mol. The second kappa shape index (κ2) is 20.9. The molecule has 0 saturated heterocycles. The number of aryl methyl sites for hydroxylation is 17. The normalized spacial score (nSPS) is 18.7. The van der Waals surface area contributed by atoms with Crippen molar-refractivity contribution in [2.45, 2.75) is 178 Å². The van der Waals surface area contributed by atoms with E-state index >= 15 is 0 Å².